The van der Waals surface area contributed by atoms with Crippen molar-refractivity contribution in [1.29, 1.82) is 0 Å². The van der Waals surface area contributed by atoms with Gasteiger partial charge in [0, 0.05) is 27.2 Å². The van der Waals surface area contributed by atoms with Crippen LogP contribution in [0.3, 0.4) is 0 Å². The van der Waals surface area contributed by atoms with Crippen molar-refractivity contribution in [1.82, 2.24) is 10.6 Å². The van der Waals surface area contributed by atoms with Crippen LogP contribution in [0.15, 0.2) is 29.3 Å². The summed E-state index contributed by atoms with van der Waals surface area (Å²) >= 11 is 1.89. The van der Waals surface area contributed by atoms with Crippen LogP contribution in [-0.4, -0.2) is 51.9 Å². The molecule has 2 N–H and O–H groups in total. The third kappa shape index (κ3) is 9.36. The molecule has 0 atom stereocenters. The van der Waals surface area contributed by atoms with Gasteiger partial charge in [0.05, 0.1) is 6.61 Å². The SMILES string of the molecule is CN=C(NCCCCSC)NCc1cccc(OCCOC)c1. The van der Waals surface area contributed by atoms with Crippen LogP contribution < -0.4 is 15.4 Å². The fourth-order valence-electron chi connectivity index (χ4n) is 1.97. The van der Waals surface area contributed by atoms with E-state index in [-0.39, 0.29) is 0 Å². The summed E-state index contributed by atoms with van der Waals surface area (Å²) < 4.78 is 10.6. The van der Waals surface area contributed by atoms with Crippen LogP contribution in [0.4, 0.5) is 0 Å². The molecule has 1 aromatic rings. The average molecular weight is 340 g/mol. The number of nitrogens with one attached hydrogen (secondary N) is 2. The Labute approximate surface area is 144 Å². The molecule has 0 aliphatic carbocycles. The zero-order valence-corrected chi connectivity index (χ0v) is 15.2. The number of methoxy groups -OCH3 is 1. The first-order chi connectivity index (χ1) is 11.3. The van der Waals surface area contributed by atoms with Gasteiger partial charge in [0.2, 0.25) is 0 Å². The van der Waals surface area contributed by atoms with Crippen molar-refractivity contribution in [3.63, 3.8) is 0 Å². The minimum atomic E-state index is 0.562. The summed E-state index contributed by atoms with van der Waals surface area (Å²) in [4.78, 5) is 4.25. The lowest BCUT2D eigenvalue weighted by atomic mass is 10.2. The van der Waals surface area contributed by atoms with E-state index < -0.39 is 0 Å². The Balaban J connectivity index is 2.32. The summed E-state index contributed by atoms with van der Waals surface area (Å²) in [6.07, 6.45) is 4.53. The van der Waals surface area contributed by atoms with Crippen molar-refractivity contribution < 1.29 is 9.47 Å². The molecule has 0 aliphatic rings. The minimum Gasteiger partial charge on any atom is -0.491 e. The van der Waals surface area contributed by atoms with Crippen LogP contribution in [0.1, 0.15) is 18.4 Å². The van der Waals surface area contributed by atoms with E-state index in [1.807, 2.05) is 30.0 Å². The standard InChI is InChI=1S/C17H29N3O2S/c1-18-17(19-9-4-5-12-23-3)20-14-15-7-6-8-16(13-15)22-11-10-21-2/h6-8,13H,4-5,9-12,14H2,1-3H3,(H2,18,19,20). The predicted octanol–water partition coefficient (Wildman–Crippen LogP) is 2.52. The number of hydrogen-bond acceptors (Lipinski definition) is 4. The van der Waals surface area contributed by atoms with E-state index in [2.05, 4.69) is 27.9 Å². The van der Waals surface area contributed by atoms with Gasteiger partial charge in [-0.25, -0.2) is 0 Å². The van der Waals surface area contributed by atoms with Crippen LogP contribution >= 0.6 is 11.8 Å². The molecule has 0 spiro atoms. The van der Waals surface area contributed by atoms with Crippen molar-refractivity contribution >= 4 is 17.7 Å². The largest absolute Gasteiger partial charge is 0.491 e. The van der Waals surface area contributed by atoms with Gasteiger partial charge in [0.1, 0.15) is 12.4 Å². The minimum absolute atomic E-state index is 0.562. The number of hydrogen-bond donors (Lipinski definition) is 2. The molecule has 130 valence electrons. The van der Waals surface area contributed by atoms with Crippen molar-refractivity contribution in [2.75, 3.05) is 45.9 Å². The molecule has 23 heavy (non-hydrogen) atoms. The van der Waals surface area contributed by atoms with Gasteiger partial charge in [0.25, 0.3) is 0 Å². The van der Waals surface area contributed by atoms with Gasteiger partial charge in [-0.05, 0) is 42.5 Å². The monoisotopic (exact) mass is 339 g/mol. The molecule has 0 unspecified atom stereocenters. The summed E-state index contributed by atoms with van der Waals surface area (Å²) in [5.74, 6) is 2.91. The first kappa shape index (κ1) is 19.6. The molecule has 1 aromatic carbocycles. The number of rotatable bonds is 11. The lowest BCUT2D eigenvalue weighted by Crippen LogP contribution is -2.37. The molecule has 6 heteroatoms. The lowest BCUT2D eigenvalue weighted by molar-refractivity contribution is 0.146. The Morgan fingerprint density at radius 3 is 2.83 bits per heavy atom. The van der Waals surface area contributed by atoms with Gasteiger partial charge in [-0.2, -0.15) is 11.8 Å². The van der Waals surface area contributed by atoms with E-state index in [1.165, 1.54) is 12.2 Å². The average Bonchev–Trinajstić information content (AvgIpc) is 2.58. The highest BCUT2D eigenvalue weighted by atomic mass is 32.2. The van der Waals surface area contributed by atoms with Crippen LogP contribution in [0, 0.1) is 0 Å². The molecule has 0 heterocycles. The Morgan fingerprint density at radius 2 is 2.09 bits per heavy atom. The number of benzene rings is 1. The predicted molar refractivity (Wildman–Crippen MR) is 99.6 cm³/mol. The molecule has 0 bridgehead atoms. The van der Waals surface area contributed by atoms with Gasteiger partial charge in [-0.15, -0.1) is 0 Å². The Kier molecular flexibility index (Phi) is 11.2. The smallest absolute Gasteiger partial charge is 0.191 e. The van der Waals surface area contributed by atoms with Crippen molar-refractivity contribution in [3.05, 3.63) is 29.8 Å². The van der Waals surface area contributed by atoms with E-state index >= 15 is 0 Å². The Bertz CT molecular complexity index is 455. The number of guanidine groups is 1. The maximum atomic E-state index is 5.62. The fourth-order valence-corrected chi connectivity index (χ4v) is 2.47. The molecule has 1 rings (SSSR count). The second-order valence-electron chi connectivity index (χ2n) is 5.04. The highest BCUT2D eigenvalue weighted by molar-refractivity contribution is 7.98. The molecular weight excluding hydrogens is 310 g/mol. The normalized spacial score (nSPS) is 11.3. The summed E-state index contributed by atoms with van der Waals surface area (Å²) in [7, 11) is 3.46. The van der Waals surface area contributed by atoms with Crippen LogP contribution in [0.25, 0.3) is 0 Å². The topological polar surface area (TPSA) is 54.9 Å². The molecule has 5 nitrogen and oxygen atoms in total. The van der Waals surface area contributed by atoms with Gasteiger partial charge in [-0.1, -0.05) is 12.1 Å². The third-order valence-electron chi connectivity index (χ3n) is 3.21. The third-order valence-corrected chi connectivity index (χ3v) is 3.90. The number of aliphatic imine (C=N–C) groups is 1. The molecule has 0 aliphatic heterocycles. The van der Waals surface area contributed by atoms with Gasteiger partial charge >= 0.3 is 0 Å². The second-order valence-corrected chi connectivity index (χ2v) is 6.03. The number of unbranched alkanes of at least 4 members (excludes halogenated alkanes) is 1. The highest BCUT2D eigenvalue weighted by Gasteiger charge is 2.00. The van der Waals surface area contributed by atoms with Crippen molar-refractivity contribution in [2.24, 2.45) is 4.99 Å². The molecule has 0 saturated heterocycles. The van der Waals surface area contributed by atoms with Crippen molar-refractivity contribution in [3.8, 4) is 5.75 Å². The zero-order valence-electron chi connectivity index (χ0n) is 14.4. The summed E-state index contributed by atoms with van der Waals surface area (Å²) in [5, 5.41) is 6.66. The van der Waals surface area contributed by atoms with Gasteiger partial charge in [-0.3, -0.25) is 4.99 Å². The molecule has 0 aromatic heterocycles. The maximum absolute atomic E-state index is 5.62. The summed E-state index contributed by atoms with van der Waals surface area (Å²) in [6, 6.07) is 8.06. The summed E-state index contributed by atoms with van der Waals surface area (Å²) in [5.41, 5.74) is 1.16. The lowest BCUT2D eigenvalue weighted by Gasteiger charge is -2.12. The second kappa shape index (κ2) is 13.1. The van der Waals surface area contributed by atoms with Gasteiger partial charge in [0.15, 0.2) is 5.96 Å². The Morgan fingerprint density at radius 1 is 1.22 bits per heavy atom. The highest BCUT2D eigenvalue weighted by Crippen LogP contribution is 2.13. The fraction of sp³-hybridized carbons (Fsp3) is 0.588. The number of thioether (sulfide) groups is 1. The van der Waals surface area contributed by atoms with E-state index in [0.717, 1.165) is 30.2 Å². The Hall–Kier alpha value is -1.40. The van der Waals surface area contributed by atoms with Crippen LogP contribution in [0.2, 0.25) is 0 Å². The number of ether oxygens (including phenoxy) is 2. The molecule has 0 radical (unpaired) electrons. The van der Waals surface area contributed by atoms with Gasteiger partial charge < -0.3 is 20.1 Å². The van der Waals surface area contributed by atoms with E-state index in [0.29, 0.717) is 19.8 Å². The van der Waals surface area contributed by atoms with Crippen LogP contribution in [-0.2, 0) is 11.3 Å². The van der Waals surface area contributed by atoms with Crippen molar-refractivity contribution in [2.45, 2.75) is 19.4 Å². The first-order valence-electron chi connectivity index (χ1n) is 7.94. The van der Waals surface area contributed by atoms with E-state index in [4.69, 9.17) is 9.47 Å². The maximum Gasteiger partial charge on any atom is 0.191 e. The molecule has 0 fully saturated rings. The zero-order chi connectivity index (χ0) is 16.8. The van der Waals surface area contributed by atoms with Crippen LogP contribution in [0.5, 0.6) is 5.75 Å². The summed E-state index contributed by atoms with van der Waals surface area (Å²) in [6.45, 7) is 2.81. The number of nitrogens with zero attached hydrogens (tertiary/aromatic N) is 1. The molecule has 0 amide bonds. The quantitative estimate of drug-likeness (QED) is 0.369. The van der Waals surface area contributed by atoms with E-state index in [1.54, 1.807) is 14.2 Å². The van der Waals surface area contributed by atoms with E-state index in [9.17, 15) is 0 Å². The molecular formula is C17H29N3O2S. The first-order valence-corrected chi connectivity index (χ1v) is 9.33. The molecule has 0 saturated carbocycles.